The highest BCUT2D eigenvalue weighted by Crippen LogP contribution is 2.43. The first-order valence-corrected chi connectivity index (χ1v) is 19.8. The van der Waals surface area contributed by atoms with Crippen molar-refractivity contribution < 1.29 is 18.8 Å². The normalized spacial score (nSPS) is 13.7. The number of nitrogens with zero attached hydrogens (tertiary/aromatic N) is 6. The number of hydrogen-bond donors (Lipinski definition) is 2. The first-order valence-electron chi connectivity index (χ1n) is 17.1. The van der Waals surface area contributed by atoms with Gasteiger partial charge in [-0.05, 0) is 63.4 Å². The monoisotopic (exact) mass is 710 g/mol. The van der Waals surface area contributed by atoms with Crippen molar-refractivity contribution in [2.45, 2.75) is 39.7 Å². The lowest BCUT2D eigenvalue weighted by Gasteiger charge is -2.37. The van der Waals surface area contributed by atoms with E-state index in [1.54, 1.807) is 30.0 Å². The van der Waals surface area contributed by atoms with Crippen molar-refractivity contribution in [3.8, 4) is 16.9 Å². The Morgan fingerprint density at radius 3 is 2.37 bits per heavy atom. The Balaban J connectivity index is 1.33. The van der Waals surface area contributed by atoms with Crippen LogP contribution in [0.1, 0.15) is 33.3 Å². The van der Waals surface area contributed by atoms with Crippen LogP contribution in [0.5, 0.6) is 5.75 Å². The number of fused-ring (bicyclic) bond motifs is 1. The van der Waals surface area contributed by atoms with Crippen LogP contribution in [0.25, 0.3) is 21.9 Å². The number of nitrogens with one attached hydrogen (secondary N) is 2. The number of rotatable bonds is 9. The molecule has 0 saturated carbocycles. The Kier molecular flexibility index (Phi) is 9.99. The second-order valence-electron chi connectivity index (χ2n) is 14.1. The Hall–Kier alpha value is -5.09. The van der Waals surface area contributed by atoms with Crippen LogP contribution in [0.4, 0.5) is 33.6 Å². The third-order valence-electron chi connectivity index (χ3n) is 8.79. The van der Waals surface area contributed by atoms with Gasteiger partial charge in [0.05, 0.1) is 24.7 Å². The van der Waals surface area contributed by atoms with Crippen molar-refractivity contribution in [3.63, 3.8) is 0 Å². The highest BCUT2D eigenvalue weighted by molar-refractivity contribution is 7.71. The molecule has 3 aromatic carbocycles. The van der Waals surface area contributed by atoms with Crippen LogP contribution in [0.2, 0.25) is 0 Å². The molecule has 1 fully saturated rings. The minimum atomic E-state index is -2.68. The number of anilines is 5. The van der Waals surface area contributed by atoms with Gasteiger partial charge in [0.25, 0.3) is 0 Å². The number of ether oxygens (including phenoxy) is 2. The maximum absolute atomic E-state index is 13.6. The fraction of sp³-hybridized carbons (Fsp3) is 0.368. The number of benzene rings is 3. The Bertz CT molecular complexity index is 2110. The van der Waals surface area contributed by atoms with Gasteiger partial charge in [-0.2, -0.15) is 10.1 Å². The molecule has 0 spiro atoms. The van der Waals surface area contributed by atoms with Crippen molar-refractivity contribution in [1.29, 1.82) is 0 Å². The van der Waals surface area contributed by atoms with E-state index in [9.17, 15) is 9.36 Å². The summed E-state index contributed by atoms with van der Waals surface area (Å²) in [6, 6.07) is 16.0. The van der Waals surface area contributed by atoms with E-state index in [4.69, 9.17) is 14.5 Å². The largest absolute Gasteiger partial charge is 0.494 e. The summed E-state index contributed by atoms with van der Waals surface area (Å²) in [6.45, 7) is 13.6. The van der Waals surface area contributed by atoms with Gasteiger partial charge >= 0.3 is 6.09 Å². The predicted molar refractivity (Wildman–Crippen MR) is 206 cm³/mol. The lowest BCUT2D eigenvalue weighted by molar-refractivity contribution is 0.0240. The first-order chi connectivity index (χ1) is 24.2. The molecule has 0 aliphatic carbocycles. The summed E-state index contributed by atoms with van der Waals surface area (Å²) >= 11 is 0. The highest BCUT2D eigenvalue weighted by Gasteiger charge is 2.28. The van der Waals surface area contributed by atoms with Gasteiger partial charge in [0, 0.05) is 79.4 Å². The average molecular weight is 711 g/mol. The van der Waals surface area contributed by atoms with Crippen LogP contribution >= 0.6 is 7.14 Å². The van der Waals surface area contributed by atoms with Gasteiger partial charge in [-0.25, -0.2) is 9.78 Å². The lowest BCUT2D eigenvalue weighted by atomic mass is 10.0. The first kappa shape index (κ1) is 35.7. The summed E-state index contributed by atoms with van der Waals surface area (Å²) < 4.78 is 26.9. The topological polar surface area (TPSA) is 127 Å². The molecule has 6 rings (SSSR count). The molecule has 2 N–H and O–H groups in total. The van der Waals surface area contributed by atoms with Crippen LogP contribution in [0.15, 0.2) is 67.1 Å². The molecule has 1 amide bonds. The van der Waals surface area contributed by atoms with Crippen LogP contribution in [0, 0.1) is 0 Å². The zero-order valence-corrected chi connectivity index (χ0v) is 31.5. The van der Waals surface area contributed by atoms with Crippen molar-refractivity contribution in [2.24, 2.45) is 7.05 Å². The average Bonchev–Trinajstić information content (AvgIpc) is 3.52. The Morgan fingerprint density at radius 1 is 0.980 bits per heavy atom. The molecule has 0 atom stereocenters. The van der Waals surface area contributed by atoms with Crippen molar-refractivity contribution in [3.05, 3.63) is 72.7 Å². The Morgan fingerprint density at radius 2 is 1.73 bits per heavy atom. The SMILES string of the molecule is CCc1cnc(Nc2cc(-c3cnn(C)c3)c(N3CCN(C(=O)OC(C)(C)C)CC3)cc2OC)nc1Nc1ccc2ccccc2c1P(C)(C)=O. The van der Waals surface area contributed by atoms with E-state index in [2.05, 4.69) is 32.5 Å². The lowest BCUT2D eigenvalue weighted by Crippen LogP contribution is -2.50. The van der Waals surface area contributed by atoms with Crippen molar-refractivity contribution in [1.82, 2.24) is 24.6 Å². The quantitative estimate of drug-likeness (QED) is 0.150. The molecule has 13 heteroatoms. The minimum Gasteiger partial charge on any atom is -0.494 e. The van der Waals surface area contributed by atoms with Gasteiger partial charge in [0.1, 0.15) is 24.3 Å². The molecule has 5 aromatic rings. The number of aromatic nitrogens is 4. The summed E-state index contributed by atoms with van der Waals surface area (Å²) in [5, 5.41) is 14.2. The standard InChI is InChI=1S/C38H47N8O4P/c1-9-25-22-39-36(43-35(25)41-30-15-14-26-12-10-11-13-28(26)34(30)51(7,8)48)42-31-20-29(27-23-40-44(5)24-27)32(21-33(31)49-6)45-16-18-46(19-17-45)37(47)50-38(2,3)4/h10-15,20-24H,9,16-19H2,1-8H3,(H2,39,41,42,43). The maximum Gasteiger partial charge on any atom is 0.410 e. The van der Waals surface area contributed by atoms with E-state index in [0.29, 0.717) is 55.8 Å². The number of amides is 1. The second kappa shape index (κ2) is 14.3. The number of piperazine rings is 1. The second-order valence-corrected chi connectivity index (χ2v) is 17.3. The molecule has 1 aliphatic rings. The van der Waals surface area contributed by atoms with Crippen LogP contribution in [-0.2, 0) is 22.8 Å². The predicted octanol–water partition coefficient (Wildman–Crippen LogP) is 7.39. The van der Waals surface area contributed by atoms with E-state index < -0.39 is 12.7 Å². The van der Waals surface area contributed by atoms with Gasteiger partial charge in [-0.1, -0.05) is 37.3 Å². The van der Waals surface area contributed by atoms with Gasteiger partial charge in [-0.15, -0.1) is 0 Å². The van der Waals surface area contributed by atoms with E-state index in [0.717, 1.165) is 44.1 Å². The fourth-order valence-corrected chi connectivity index (χ4v) is 7.86. The summed E-state index contributed by atoms with van der Waals surface area (Å²) in [5.41, 5.74) is 4.66. The molecule has 0 bridgehead atoms. The van der Waals surface area contributed by atoms with Gasteiger partial charge in [0.15, 0.2) is 0 Å². The molecule has 0 radical (unpaired) electrons. The minimum absolute atomic E-state index is 0.301. The summed E-state index contributed by atoms with van der Waals surface area (Å²) in [6.07, 6.45) is 6.02. The summed E-state index contributed by atoms with van der Waals surface area (Å²) in [7, 11) is 0.845. The number of hydrogen-bond acceptors (Lipinski definition) is 10. The van der Waals surface area contributed by atoms with E-state index in [-0.39, 0.29) is 6.09 Å². The van der Waals surface area contributed by atoms with E-state index >= 15 is 0 Å². The molecule has 3 heterocycles. The molecule has 51 heavy (non-hydrogen) atoms. The zero-order valence-electron chi connectivity index (χ0n) is 30.6. The molecule has 268 valence electrons. The maximum atomic E-state index is 13.6. The molecule has 2 aromatic heterocycles. The molecule has 1 aliphatic heterocycles. The van der Waals surface area contributed by atoms with E-state index in [1.165, 1.54) is 0 Å². The molecule has 1 saturated heterocycles. The number of carbonyl (C=O) groups is 1. The smallest absolute Gasteiger partial charge is 0.410 e. The van der Waals surface area contributed by atoms with Crippen LogP contribution in [0.3, 0.4) is 0 Å². The third-order valence-corrected chi connectivity index (χ3v) is 10.3. The van der Waals surface area contributed by atoms with E-state index in [1.807, 2.05) is 94.9 Å². The molecular formula is C38H47N8O4P. The Labute approximate surface area is 299 Å². The number of carbonyl (C=O) groups excluding carboxylic acids is 1. The van der Waals surface area contributed by atoms with Gasteiger partial charge < -0.3 is 34.5 Å². The van der Waals surface area contributed by atoms with Gasteiger partial charge in [-0.3, -0.25) is 4.68 Å². The summed E-state index contributed by atoms with van der Waals surface area (Å²) in [4.78, 5) is 26.4. The van der Waals surface area contributed by atoms with Crippen LogP contribution < -0.4 is 25.6 Å². The number of methoxy groups -OCH3 is 1. The number of aryl methyl sites for hydroxylation is 2. The molecule has 12 nitrogen and oxygen atoms in total. The highest BCUT2D eigenvalue weighted by atomic mass is 31.2. The fourth-order valence-electron chi connectivity index (χ4n) is 6.36. The third kappa shape index (κ3) is 7.96. The summed E-state index contributed by atoms with van der Waals surface area (Å²) in [5.74, 6) is 1.62. The van der Waals surface area contributed by atoms with Gasteiger partial charge in [0.2, 0.25) is 5.95 Å². The molecular weight excluding hydrogens is 663 g/mol. The van der Waals surface area contributed by atoms with Crippen molar-refractivity contribution in [2.75, 3.05) is 62.2 Å². The zero-order chi connectivity index (χ0) is 36.5. The van der Waals surface area contributed by atoms with Crippen LogP contribution in [-0.4, -0.2) is 83.0 Å². The molecule has 0 unspecified atom stereocenters. The van der Waals surface area contributed by atoms with Crippen molar-refractivity contribution >= 4 is 58.1 Å².